The quantitative estimate of drug-likeness (QED) is 0.694. The number of halogens is 1. The molecular weight excluding hydrogens is 379 g/mol. The van der Waals surface area contributed by atoms with E-state index in [0.717, 1.165) is 36.8 Å². The van der Waals surface area contributed by atoms with E-state index in [9.17, 15) is 14.0 Å². The van der Waals surface area contributed by atoms with Crippen LogP contribution >= 0.6 is 0 Å². The molecular formula is C25H31FN2O2. The number of hydrogen-bond donors (Lipinski definition) is 1. The average Bonchev–Trinajstić information content (AvgIpc) is 3.24. The van der Waals surface area contributed by atoms with E-state index in [1.165, 1.54) is 6.07 Å². The third kappa shape index (κ3) is 5.47. The van der Waals surface area contributed by atoms with Crippen LogP contribution < -0.4 is 5.32 Å². The number of hydrogen-bond acceptors (Lipinski definition) is 2. The Labute approximate surface area is 178 Å². The maximum absolute atomic E-state index is 14.2. The zero-order chi connectivity index (χ0) is 21.5. The zero-order valence-electron chi connectivity index (χ0n) is 17.9. The minimum atomic E-state index is -0.579. The molecule has 3 rings (SSSR count). The van der Waals surface area contributed by atoms with E-state index in [1.54, 1.807) is 23.1 Å². The highest BCUT2D eigenvalue weighted by Crippen LogP contribution is 2.21. The largest absolute Gasteiger partial charge is 0.352 e. The maximum Gasteiger partial charge on any atom is 0.243 e. The number of rotatable bonds is 8. The van der Waals surface area contributed by atoms with Gasteiger partial charge >= 0.3 is 0 Å². The van der Waals surface area contributed by atoms with Gasteiger partial charge in [0, 0.05) is 12.6 Å². The Bertz CT molecular complexity index is 877. The van der Waals surface area contributed by atoms with Crippen LogP contribution in [-0.4, -0.2) is 28.8 Å². The number of aryl methyl sites for hydroxylation is 1. The number of nitrogens with zero attached hydrogens (tertiary/aromatic N) is 1. The number of benzene rings is 2. The standard InChI is InChI=1S/C25H31FN2O2/c1-3-23(25(30)27-21-13-7-8-14-21)28(17-20-12-5-4-10-18(20)2)24(29)16-19-11-6-9-15-22(19)26/h4-6,9-12,15,21,23H,3,7-8,13-14,16-17H2,1-2H3,(H,27,30). The molecule has 0 aromatic heterocycles. The molecule has 2 aromatic carbocycles. The lowest BCUT2D eigenvalue weighted by atomic mass is 10.0. The molecule has 0 aliphatic heterocycles. The van der Waals surface area contributed by atoms with Crippen LogP contribution in [0.15, 0.2) is 48.5 Å². The normalized spacial score (nSPS) is 15.0. The molecule has 4 nitrogen and oxygen atoms in total. The molecule has 1 unspecified atom stereocenters. The summed E-state index contributed by atoms with van der Waals surface area (Å²) >= 11 is 0. The van der Waals surface area contributed by atoms with Gasteiger partial charge in [0.25, 0.3) is 0 Å². The fourth-order valence-electron chi connectivity index (χ4n) is 4.16. The van der Waals surface area contributed by atoms with Crippen molar-refractivity contribution in [3.8, 4) is 0 Å². The highest BCUT2D eigenvalue weighted by molar-refractivity contribution is 5.88. The van der Waals surface area contributed by atoms with Crippen molar-refractivity contribution in [1.29, 1.82) is 0 Å². The van der Waals surface area contributed by atoms with E-state index >= 15 is 0 Å². The molecule has 2 aromatic rings. The van der Waals surface area contributed by atoms with Crippen LogP contribution in [0.5, 0.6) is 0 Å². The van der Waals surface area contributed by atoms with Crippen molar-refractivity contribution in [1.82, 2.24) is 10.2 Å². The van der Waals surface area contributed by atoms with Crippen LogP contribution in [0.25, 0.3) is 0 Å². The third-order valence-electron chi connectivity index (χ3n) is 5.99. The van der Waals surface area contributed by atoms with Gasteiger partial charge in [0.15, 0.2) is 0 Å². The Kier molecular flexibility index (Phi) is 7.61. The van der Waals surface area contributed by atoms with Crippen molar-refractivity contribution in [3.05, 3.63) is 71.0 Å². The van der Waals surface area contributed by atoms with Gasteiger partial charge < -0.3 is 10.2 Å². The Hall–Kier alpha value is -2.69. The van der Waals surface area contributed by atoms with Gasteiger partial charge in [-0.3, -0.25) is 9.59 Å². The van der Waals surface area contributed by atoms with E-state index in [0.29, 0.717) is 18.5 Å². The van der Waals surface area contributed by atoms with Gasteiger partial charge in [-0.2, -0.15) is 0 Å². The second-order valence-electron chi connectivity index (χ2n) is 8.13. The minimum absolute atomic E-state index is 0.0637. The van der Waals surface area contributed by atoms with Gasteiger partial charge in [-0.1, -0.05) is 62.2 Å². The number of amides is 2. The fraction of sp³-hybridized carbons (Fsp3) is 0.440. The van der Waals surface area contributed by atoms with Crippen LogP contribution in [0.3, 0.4) is 0 Å². The van der Waals surface area contributed by atoms with Crippen LogP contribution in [0.4, 0.5) is 4.39 Å². The summed E-state index contributed by atoms with van der Waals surface area (Å²) in [6.07, 6.45) is 4.67. The Balaban J connectivity index is 1.84. The lowest BCUT2D eigenvalue weighted by molar-refractivity contribution is -0.141. The van der Waals surface area contributed by atoms with Crippen LogP contribution in [-0.2, 0) is 22.6 Å². The molecule has 1 aliphatic carbocycles. The van der Waals surface area contributed by atoms with Crippen molar-refractivity contribution in [2.24, 2.45) is 0 Å². The first-order valence-corrected chi connectivity index (χ1v) is 10.9. The fourth-order valence-corrected chi connectivity index (χ4v) is 4.16. The van der Waals surface area contributed by atoms with Crippen LogP contribution in [0, 0.1) is 12.7 Å². The number of carbonyl (C=O) groups excluding carboxylic acids is 2. The second-order valence-corrected chi connectivity index (χ2v) is 8.13. The maximum atomic E-state index is 14.2. The molecule has 2 amide bonds. The van der Waals surface area contributed by atoms with Gasteiger partial charge in [0.2, 0.25) is 11.8 Å². The topological polar surface area (TPSA) is 49.4 Å². The molecule has 1 saturated carbocycles. The van der Waals surface area contributed by atoms with Gasteiger partial charge in [0.05, 0.1) is 6.42 Å². The summed E-state index contributed by atoms with van der Waals surface area (Å²) in [7, 11) is 0. The Morgan fingerprint density at radius 1 is 1.07 bits per heavy atom. The van der Waals surface area contributed by atoms with E-state index < -0.39 is 11.9 Å². The summed E-state index contributed by atoms with van der Waals surface area (Å²) < 4.78 is 14.2. The lowest BCUT2D eigenvalue weighted by Gasteiger charge is -2.32. The predicted octanol–water partition coefficient (Wildman–Crippen LogP) is 4.54. The van der Waals surface area contributed by atoms with Gasteiger partial charge in [-0.05, 0) is 48.9 Å². The molecule has 30 heavy (non-hydrogen) atoms. The first-order valence-electron chi connectivity index (χ1n) is 10.9. The van der Waals surface area contributed by atoms with Crippen molar-refractivity contribution >= 4 is 11.8 Å². The van der Waals surface area contributed by atoms with Gasteiger partial charge in [-0.15, -0.1) is 0 Å². The SMILES string of the molecule is CCC(C(=O)NC1CCCC1)N(Cc1ccccc1C)C(=O)Cc1ccccc1F. The number of nitrogens with one attached hydrogen (secondary N) is 1. The van der Waals surface area contributed by atoms with Crippen molar-refractivity contribution in [2.75, 3.05) is 0 Å². The Morgan fingerprint density at radius 2 is 1.70 bits per heavy atom. The summed E-state index contributed by atoms with van der Waals surface area (Å²) in [6.45, 7) is 4.24. The molecule has 0 heterocycles. The van der Waals surface area contributed by atoms with E-state index in [4.69, 9.17) is 0 Å². The molecule has 5 heteroatoms. The van der Waals surface area contributed by atoms with Gasteiger partial charge in [-0.25, -0.2) is 4.39 Å². The first-order chi connectivity index (χ1) is 14.5. The monoisotopic (exact) mass is 410 g/mol. The van der Waals surface area contributed by atoms with Crippen LogP contribution in [0.2, 0.25) is 0 Å². The highest BCUT2D eigenvalue weighted by Gasteiger charge is 2.31. The third-order valence-corrected chi connectivity index (χ3v) is 5.99. The second kappa shape index (κ2) is 10.4. The summed E-state index contributed by atoms with van der Waals surface area (Å²) in [4.78, 5) is 28.0. The molecule has 0 spiro atoms. The molecule has 1 fully saturated rings. The van der Waals surface area contributed by atoms with E-state index in [1.807, 2.05) is 38.1 Å². The zero-order valence-corrected chi connectivity index (χ0v) is 17.9. The summed E-state index contributed by atoms with van der Waals surface area (Å²) in [5, 5.41) is 3.13. The lowest BCUT2D eigenvalue weighted by Crippen LogP contribution is -2.51. The van der Waals surface area contributed by atoms with Crippen LogP contribution in [0.1, 0.15) is 55.7 Å². The molecule has 160 valence electrons. The first kappa shape index (κ1) is 22.0. The summed E-state index contributed by atoms with van der Waals surface area (Å²) in [5.74, 6) is -0.748. The number of carbonyl (C=O) groups is 2. The predicted molar refractivity (Wildman–Crippen MR) is 116 cm³/mol. The molecule has 1 aliphatic rings. The molecule has 0 saturated heterocycles. The molecule has 1 atom stereocenters. The van der Waals surface area contributed by atoms with E-state index in [-0.39, 0.29) is 24.3 Å². The van der Waals surface area contributed by atoms with Crippen molar-refractivity contribution < 1.29 is 14.0 Å². The van der Waals surface area contributed by atoms with Crippen molar-refractivity contribution in [3.63, 3.8) is 0 Å². The smallest absolute Gasteiger partial charge is 0.243 e. The summed E-state index contributed by atoms with van der Waals surface area (Å²) in [6, 6.07) is 13.8. The Morgan fingerprint density at radius 3 is 2.33 bits per heavy atom. The summed E-state index contributed by atoms with van der Waals surface area (Å²) in [5.41, 5.74) is 2.40. The molecule has 0 bridgehead atoms. The highest BCUT2D eigenvalue weighted by atomic mass is 19.1. The molecule has 1 N–H and O–H groups in total. The van der Waals surface area contributed by atoms with Gasteiger partial charge in [0.1, 0.15) is 11.9 Å². The van der Waals surface area contributed by atoms with Crippen molar-refractivity contribution in [2.45, 2.75) is 71.0 Å². The molecule has 0 radical (unpaired) electrons. The van der Waals surface area contributed by atoms with E-state index in [2.05, 4.69) is 5.32 Å². The average molecular weight is 411 g/mol. The minimum Gasteiger partial charge on any atom is -0.352 e.